The van der Waals surface area contributed by atoms with Crippen LogP contribution in [0.4, 0.5) is 0 Å². The first-order valence-corrected chi connectivity index (χ1v) is 5.68. The monoisotopic (exact) mass is 254 g/mol. The third-order valence-electron chi connectivity index (χ3n) is 2.76. The summed E-state index contributed by atoms with van der Waals surface area (Å²) < 4.78 is 1.44. The third-order valence-corrected chi connectivity index (χ3v) is 2.76. The van der Waals surface area contributed by atoms with Gasteiger partial charge < -0.3 is 5.11 Å². The summed E-state index contributed by atoms with van der Waals surface area (Å²) in [4.78, 5) is 11.0. The van der Waals surface area contributed by atoms with Crippen LogP contribution in [0.3, 0.4) is 0 Å². The molecule has 0 unspecified atom stereocenters. The Morgan fingerprint density at radius 3 is 2.79 bits per heavy atom. The summed E-state index contributed by atoms with van der Waals surface area (Å²) in [6, 6.07) is 10.7. The molecule has 0 radical (unpaired) electrons. The molecule has 0 saturated carbocycles. The average molecular weight is 254 g/mol. The van der Waals surface area contributed by atoms with Gasteiger partial charge in [-0.3, -0.25) is 0 Å². The maximum atomic E-state index is 11.0. The van der Waals surface area contributed by atoms with E-state index in [2.05, 4.69) is 15.3 Å². The Bertz CT molecular complexity index is 779. The Morgan fingerprint density at radius 1 is 1.21 bits per heavy atom. The number of benzene rings is 1. The predicted molar refractivity (Wildman–Crippen MR) is 67.9 cm³/mol. The van der Waals surface area contributed by atoms with Crippen molar-refractivity contribution in [3.63, 3.8) is 0 Å². The maximum Gasteiger partial charge on any atom is 0.356 e. The quantitative estimate of drug-likeness (QED) is 0.754. The fourth-order valence-corrected chi connectivity index (χ4v) is 1.87. The van der Waals surface area contributed by atoms with E-state index in [1.165, 1.54) is 10.6 Å². The Kier molecular flexibility index (Phi) is 2.49. The van der Waals surface area contributed by atoms with Gasteiger partial charge in [0.05, 0.1) is 0 Å². The van der Waals surface area contributed by atoms with Gasteiger partial charge in [-0.15, -0.1) is 10.2 Å². The number of carboxylic acid groups (broad SMARTS) is 1. The Balaban J connectivity index is 2.24. The van der Waals surface area contributed by atoms with Gasteiger partial charge in [0.1, 0.15) is 0 Å². The van der Waals surface area contributed by atoms with E-state index in [0.29, 0.717) is 11.5 Å². The molecule has 3 aromatic rings. The fourth-order valence-electron chi connectivity index (χ4n) is 1.87. The summed E-state index contributed by atoms with van der Waals surface area (Å²) in [5.41, 5.74) is 2.41. The van der Waals surface area contributed by atoms with Gasteiger partial charge in [-0.05, 0) is 25.1 Å². The molecule has 6 nitrogen and oxygen atoms in total. The molecular formula is C13H10N4O2. The van der Waals surface area contributed by atoms with Crippen LogP contribution in [0, 0.1) is 6.92 Å². The number of aromatic carboxylic acids is 1. The summed E-state index contributed by atoms with van der Waals surface area (Å²) in [5.74, 6) is -0.549. The van der Waals surface area contributed by atoms with Crippen molar-refractivity contribution in [3.8, 4) is 11.4 Å². The Morgan fingerprint density at radius 2 is 2.05 bits per heavy atom. The minimum absolute atomic E-state index is 0.0406. The topological polar surface area (TPSA) is 80.4 Å². The van der Waals surface area contributed by atoms with Gasteiger partial charge in [-0.25, -0.2) is 4.79 Å². The number of hydrogen-bond donors (Lipinski definition) is 1. The largest absolute Gasteiger partial charge is 0.476 e. The SMILES string of the molecule is Cc1cccc(-c2nnc3ccc(C(=O)O)nn23)c1. The third kappa shape index (κ3) is 1.93. The van der Waals surface area contributed by atoms with Crippen molar-refractivity contribution in [2.45, 2.75) is 6.92 Å². The molecule has 0 amide bonds. The van der Waals surface area contributed by atoms with Crippen molar-refractivity contribution < 1.29 is 9.90 Å². The van der Waals surface area contributed by atoms with Gasteiger partial charge in [0.15, 0.2) is 17.2 Å². The van der Waals surface area contributed by atoms with Crippen LogP contribution in [0.15, 0.2) is 36.4 Å². The van der Waals surface area contributed by atoms with E-state index < -0.39 is 5.97 Å². The second kappa shape index (κ2) is 4.16. The van der Waals surface area contributed by atoms with Crippen molar-refractivity contribution in [3.05, 3.63) is 47.7 Å². The molecule has 1 N–H and O–H groups in total. The van der Waals surface area contributed by atoms with Gasteiger partial charge in [-0.2, -0.15) is 9.61 Å². The minimum Gasteiger partial charge on any atom is -0.476 e. The lowest BCUT2D eigenvalue weighted by atomic mass is 10.1. The van der Waals surface area contributed by atoms with Gasteiger partial charge in [0, 0.05) is 5.56 Å². The van der Waals surface area contributed by atoms with E-state index in [1.807, 2.05) is 31.2 Å². The van der Waals surface area contributed by atoms with E-state index in [-0.39, 0.29) is 5.69 Å². The molecule has 1 aromatic carbocycles. The molecule has 19 heavy (non-hydrogen) atoms. The van der Waals surface area contributed by atoms with Crippen molar-refractivity contribution in [1.29, 1.82) is 0 Å². The summed E-state index contributed by atoms with van der Waals surface area (Å²) in [5, 5.41) is 21.1. The molecule has 6 heteroatoms. The molecule has 0 atom stereocenters. The van der Waals surface area contributed by atoms with Gasteiger partial charge in [0.2, 0.25) is 0 Å². The highest BCUT2D eigenvalue weighted by molar-refractivity contribution is 5.85. The molecule has 3 rings (SSSR count). The molecule has 94 valence electrons. The molecular weight excluding hydrogens is 244 g/mol. The van der Waals surface area contributed by atoms with E-state index in [0.717, 1.165) is 11.1 Å². The smallest absolute Gasteiger partial charge is 0.356 e. The van der Waals surface area contributed by atoms with Gasteiger partial charge >= 0.3 is 5.97 Å². The van der Waals surface area contributed by atoms with Crippen LogP contribution >= 0.6 is 0 Å². The van der Waals surface area contributed by atoms with Crippen LogP contribution in [-0.4, -0.2) is 30.9 Å². The number of rotatable bonds is 2. The first-order valence-electron chi connectivity index (χ1n) is 5.68. The molecule has 0 aliphatic carbocycles. The molecule has 2 aromatic heterocycles. The zero-order chi connectivity index (χ0) is 13.4. The minimum atomic E-state index is -1.08. The number of aryl methyl sites for hydroxylation is 1. The van der Waals surface area contributed by atoms with E-state index in [4.69, 9.17) is 5.11 Å². The van der Waals surface area contributed by atoms with Crippen LogP contribution in [-0.2, 0) is 0 Å². The van der Waals surface area contributed by atoms with E-state index in [9.17, 15) is 4.79 Å². The fraction of sp³-hybridized carbons (Fsp3) is 0.0769. The number of carbonyl (C=O) groups is 1. The number of fused-ring (bicyclic) bond motifs is 1. The summed E-state index contributed by atoms with van der Waals surface area (Å²) in [6.45, 7) is 1.98. The average Bonchev–Trinajstić information content (AvgIpc) is 2.81. The van der Waals surface area contributed by atoms with E-state index in [1.54, 1.807) is 6.07 Å². The van der Waals surface area contributed by atoms with Gasteiger partial charge in [-0.1, -0.05) is 23.8 Å². The second-order valence-corrected chi connectivity index (χ2v) is 4.19. The summed E-state index contributed by atoms with van der Waals surface area (Å²) >= 11 is 0. The van der Waals surface area contributed by atoms with Crippen LogP contribution in [0.25, 0.3) is 17.0 Å². The first kappa shape index (κ1) is 11.3. The zero-order valence-electron chi connectivity index (χ0n) is 10.1. The number of nitrogens with zero attached hydrogens (tertiary/aromatic N) is 4. The maximum absolute atomic E-state index is 11.0. The van der Waals surface area contributed by atoms with Crippen LogP contribution in [0.2, 0.25) is 0 Å². The summed E-state index contributed by atoms with van der Waals surface area (Å²) in [7, 11) is 0. The van der Waals surface area contributed by atoms with Crippen LogP contribution in [0.1, 0.15) is 16.1 Å². The van der Waals surface area contributed by atoms with Gasteiger partial charge in [0.25, 0.3) is 0 Å². The zero-order valence-corrected chi connectivity index (χ0v) is 10.1. The van der Waals surface area contributed by atoms with Crippen molar-refractivity contribution in [2.75, 3.05) is 0 Å². The highest BCUT2D eigenvalue weighted by Crippen LogP contribution is 2.18. The molecule has 0 fully saturated rings. The van der Waals surface area contributed by atoms with Crippen molar-refractivity contribution >= 4 is 11.6 Å². The van der Waals surface area contributed by atoms with Crippen LogP contribution < -0.4 is 0 Å². The van der Waals surface area contributed by atoms with Crippen molar-refractivity contribution in [1.82, 2.24) is 19.8 Å². The number of aromatic nitrogens is 4. The highest BCUT2D eigenvalue weighted by atomic mass is 16.4. The summed E-state index contributed by atoms with van der Waals surface area (Å²) in [6.07, 6.45) is 0. The molecule has 0 spiro atoms. The lowest BCUT2D eigenvalue weighted by Crippen LogP contribution is -2.05. The number of hydrogen-bond acceptors (Lipinski definition) is 4. The van der Waals surface area contributed by atoms with E-state index >= 15 is 0 Å². The lowest BCUT2D eigenvalue weighted by Gasteiger charge is -2.01. The Hall–Kier alpha value is -2.76. The van der Waals surface area contributed by atoms with Crippen LogP contribution in [0.5, 0.6) is 0 Å². The second-order valence-electron chi connectivity index (χ2n) is 4.19. The lowest BCUT2D eigenvalue weighted by molar-refractivity contribution is 0.0689. The Labute approximate surface area is 108 Å². The normalized spacial score (nSPS) is 10.8. The van der Waals surface area contributed by atoms with Crippen molar-refractivity contribution in [2.24, 2.45) is 0 Å². The highest BCUT2D eigenvalue weighted by Gasteiger charge is 2.12. The molecule has 0 saturated heterocycles. The molecule has 0 bridgehead atoms. The number of carboxylic acids is 1. The first-order chi connectivity index (χ1) is 9.15. The standard InChI is InChI=1S/C13H10N4O2/c1-8-3-2-4-9(7-8)12-15-14-11-6-5-10(13(18)19)16-17(11)12/h2-7H,1H3,(H,18,19). The molecule has 0 aliphatic rings. The molecule has 2 heterocycles. The molecule has 0 aliphatic heterocycles. The predicted octanol–water partition coefficient (Wildman–Crippen LogP) is 1.80.